The molecule has 2 heteroatoms. The molecule has 148 valence electrons. The third-order valence-electron chi connectivity index (χ3n) is 5.79. The van der Waals surface area contributed by atoms with E-state index in [4.69, 9.17) is 5.73 Å². The van der Waals surface area contributed by atoms with E-state index in [9.17, 15) is 0 Å². The van der Waals surface area contributed by atoms with Crippen molar-refractivity contribution in [3.8, 4) is 0 Å². The Balaban J connectivity index is 0.00000280. The molecule has 28 heavy (non-hydrogen) atoms. The minimum absolute atomic E-state index is 0. The highest BCUT2D eigenvalue weighted by Gasteiger charge is 2.28. The number of aryl methyl sites for hydroxylation is 3. The van der Waals surface area contributed by atoms with Gasteiger partial charge in [0.2, 0.25) is 0 Å². The quantitative estimate of drug-likeness (QED) is 0.389. The summed E-state index contributed by atoms with van der Waals surface area (Å²) in [7, 11) is 0. The number of benzene rings is 3. The molecule has 0 heterocycles. The molecule has 0 aromatic heterocycles. The molecule has 0 fully saturated rings. The van der Waals surface area contributed by atoms with Crippen LogP contribution in [0.25, 0.3) is 0 Å². The van der Waals surface area contributed by atoms with Crippen LogP contribution in [0.15, 0.2) is 91.0 Å². The normalized spacial score (nSPS) is 11.0. The van der Waals surface area contributed by atoms with Crippen LogP contribution < -0.4 is 5.73 Å². The standard InChI is InChI=1S/C26H31N.BrH/c27-22-26(19-16-23-10-4-1-5-11-23,20-17-24-12-6-2-7-13-24)21-18-25-14-8-3-9-15-25;/h1-15H,16-22,27H2;1H. The fourth-order valence-electron chi connectivity index (χ4n) is 3.84. The van der Waals surface area contributed by atoms with Crippen molar-refractivity contribution < 1.29 is 0 Å². The van der Waals surface area contributed by atoms with Crippen molar-refractivity contribution in [1.82, 2.24) is 0 Å². The fraction of sp³-hybridized carbons (Fsp3) is 0.308. The lowest BCUT2D eigenvalue weighted by molar-refractivity contribution is 0.229. The third-order valence-corrected chi connectivity index (χ3v) is 5.79. The molecule has 0 saturated carbocycles. The maximum Gasteiger partial charge on any atom is -0.00202 e. The van der Waals surface area contributed by atoms with Crippen LogP contribution in [-0.2, 0) is 19.3 Å². The molecule has 3 rings (SSSR count). The molecule has 0 atom stereocenters. The highest BCUT2D eigenvalue weighted by Crippen LogP contribution is 2.34. The summed E-state index contributed by atoms with van der Waals surface area (Å²) >= 11 is 0. The molecule has 0 aliphatic rings. The summed E-state index contributed by atoms with van der Waals surface area (Å²) in [6, 6.07) is 32.4. The SMILES string of the molecule is Br.NCC(CCc1ccccc1)(CCc1ccccc1)CCc1ccccc1. The van der Waals surface area contributed by atoms with Gasteiger partial charge in [0, 0.05) is 0 Å². The summed E-state index contributed by atoms with van der Waals surface area (Å²) in [5.41, 5.74) is 10.8. The Morgan fingerprint density at radius 1 is 0.500 bits per heavy atom. The third kappa shape index (κ3) is 6.92. The number of rotatable bonds is 10. The molecule has 3 aromatic carbocycles. The number of halogens is 1. The Bertz CT molecular complexity index is 665. The van der Waals surface area contributed by atoms with Gasteiger partial charge in [-0.25, -0.2) is 0 Å². The van der Waals surface area contributed by atoms with Gasteiger partial charge in [0.1, 0.15) is 0 Å². The summed E-state index contributed by atoms with van der Waals surface area (Å²) in [6.07, 6.45) is 6.73. The van der Waals surface area contributed by atoms with Crippen LogP contribution in [0, 0.1) is 5.41 Å². The van der Waals surface area contributed by atoms with Gasteiger partial charge in [-0.2, -0.15) is 0 Å². The highest BCUT2D eigenvalue weighted by atomic mass is 79.9. The van der Waals surface area contributed by atoms with Gasteiger partial charge in [0.25, 0.3) is 0 Å². The Labute approximate surface area is 180 Å². The smallest absolute Gasteiger partial charge is 0.00202 e. The van der Waals surface area contributed by atoms with E-state index in [1.165, 1.54) is 16.7 Å². The first-order valence-corrected chi connectivity index (χ1v) is 10.1. The Morgan fingerprint density at radius 2 is 0.786 bits per heavy atom. The first-order valence-electron chi connectivity index (χ1n) is 10.1. The molecule has 0 unspecified atom stereocenters. The summed E-state index contributed by atoms with van der Waals surface area (Å²) in [4.78, 5) is 0. The Hall–Kier alpha value is -1.90. The van der Waals surface area contributed by atoms with Gasteiger partial charge in [-0.3, -0.25) is 0 Å². The molecule has 2 N–H and O–H groups in total. The van der Waals surface area contributed by atoms with Crippen molar-refractivity contribution in [2.75, 3.05) is 6.54 Å². The largest absolute Gasteiger partial charge is 0.330 e. The predicted octanol–water partition coefficient (Wildman–Crippen LogP) is 6.41. The lowest BCUT2D eigenvalue weighted by Gasteiger charge is -2.33. The summed E-state index contributed by atoms with van der Waals surface area (Å²) in [6.45, 7) is 0.750. The molecule has 0 spiro atoms. The average molecular weight is 438 g/mol. The molecular formula is C26H32BrN. The van der Waals surface area contributed by atoms with Gasteiger partial charge in [-0.1, -0.05) is 91.0 Å². The van der Waals surface area contributed by atoms with Gasteiger partial charge in [0.05, 0.1) is 0 Å². The van der Waals surface area contributed by atoms with E-state index in [-0.39, 0.29) is 22.4 Å². The summed E-state index contributed by atoms with van der Waals surface area (Å²) in [5, 5.41) is 0. The molecule has 1 nitrogen and oxygen atoms in total. The van der Waals surface area contributed by atoms with Crippen molar-refractivity contribution >= 4 is 17.0 Å². The Morgan fingerprint density at radius 3 is 1.04 bits per heavy atom. The maximum absolute atomic E-state index is 6.40. The van der Waals surface area contributed by atoms with Crippen LogP contribution in [-0.4, -0.2) is 6.54 Å². The number of hydrogen-bond donors (Lipinski definition) is 1. The second-order valence-corrected chi connectivity index (χ2v) is 7.66. The van der Waals surface area contributed by atoms with Crippen molar-refractivity contribution in [2.45, 2.75) is 38.5 Å². The van der Waals surface area contributed by atoms with Gasteiger partial charge < -0.3 is 5.73 Å². The van der Waals surface area contributed by atoms with Crippen LogP contribution in [0.4, 0.5) is 0 Å². The highest BCUT2D eigenvalue weighted by molar-refractivity contribution is 8.93. The van der Waals surface area contributed by atoms with Crippen LogP contribution in [0.1, 0.15) is 36.0 Å². The van der Waals surface area contributed by atoms with Crippen LogP contribution in [0.3, 0.4) is 0 Å². The van der Waals surface area contributed by atoms with Crippen LogP contribution >= 0.6 is 17.0 Å². The second-order valence-electron chi connectivity index (χ2n) is 7.66. The van der Waals surface area contributed by atoms with Crippen LogP contribution in [0.5, 0.6) is 0 Å². The van der Waals surface area contributed by atoms with Crippen molar-refractivity contribution in [1.29, 1.82) is 0 Å². The molecular weight excluding hydrogens is 406 g/mol. The van der Waals surface area contributed by atoms with E-state index in [0.29, 0.717) is 0 Å². The lowest BCUT2D eigenvalue weighted by atomic mass is 9.73. The first kappa shape index (κ1) is 22.4. The van der Waals surface area contributed by atoms with E-state index in [0.717, 1.165) is 45.1 Å². The minimum atomic E-state index is 0. The van der Waals surface area contributed by atoms with Gasteiger partial charge in [-0.05, 0) is 67.2 Å². The fourth-order valence-corrected chi connectivity index (χ4v) is 3.84. The van der Waals surface area contributed by atoms with Crippen LogP contribution in [0.2, 0.25) is 0 Å². The first-order chi connectivity index (χ1) is 13.3. The summed E-state index contributed by atoms with van der Waals surface area (Å²) in [5.74, 6) is 0. The Kier molecular flexibility index (Phi) is 9.46. The molecule has 0 aliphatic carbocycles. The predicted molar refractivity (Wildman–Crippen MR) is 126 cm³/mol. The van der Waals surface area contributed by atoms with Gasteiger partial charge in [-0.15, -0.1) is 17.0 Å². The van der Waals surface area contributed by atoms with E-state index < -0.39 is 0 Å². The van der Waals surface area contributed by atoms with E-state index in [2.05, 4.69) is 91.0 Å². The van der Waals surface area contributed by atoms with Crippen molar-refractivity contribution in [3.63, 3.8) is 0 Å². The maximum atomic E-state index is 6.40. The lowest BCUT2D eigenvalue weighted by Crippen LogP contribution is -2.32. The van der Waals surface area contributed by atoms with Crippen molar-refractivity contribution in [2.24, 2.45) is 11.1 Å². The monoisotopic (exact) mass is 437 g/mol. The molecule has 0 amide bonds. The number of hydrogen-bond acceptors (Lipinski definition) is 1. The van der Waals surface area contributed by atoms with E-state index >= 15 is 0 Å². The second kappa shape index (κ2) is 11.8. The zero-order valence-electron chi connectivity index (χ0n) is 16.6. The molecule has 0 aliphatic heterocycles. The minimum Gasteiger partial charge on any atom is -0.330 e. The average Bonchev–Trinajstić information content (AvgIpc) is 2.76. The van der Waals surface area contributed by atoms with Crippen molar-refractivity contribution in [3.05, 3.63) is 108 Å². The van der Waals surface area contributed by atoms with Gasteiger partial charge in [0.15, 0.2) is 0 Å². The molecule has 3 aromatic rings. The molecule has 0 saturated heterocycles. The zero-order valence-corrected chi connectivity index (χ0v) is 18.3. The van der Waals surface area contributed by atoms with E-state index in [1.54, 1.807) is 0 Å². The topological polar surface area (TPSA) is 26.0 Å². The number of nitrogens with two attached hydrogens (primary N) is 1. The van der Waals surface area contributed by atoms with Gasteiger partial charge >= 0.3 is 0 Å². The molecule has 0 bridgehead atoms. The summed E-state index contributed by atoms with van der Waals surface area (Å²) < 4.78 is 0. The molecule has 0 radical (unpaired) electrons. The zero-order chi connectivity index (χ0) is 18.8. The van der Waals surface area contributed by atoms with E-state index in [1.807, 2.05) is 0 Å².